The zero-order valence-corrected chi connectivity index (χ0v) is 14.3. The summed E-state index contributed by atoms with van der Waals surface area (Å²) in [6, 6.07) is 7.00. The first-order valence-electron chi connectivity index (χ1n) is 7.31. The molecule has 0 unspecified atom stereocenters. The zero-order chi connectivity index (χ0) is 17.5. The summed E-state index contributed by atoms with van der Waals surface area (Å²) in [7, 11) is 1.58. The first-order valence-corrected chi connectivity index (χ1v) is 8.29. The third-order valence-electron chi connectivity index (χ3n) is 3.28. The van der Waals surface area contributed by atoms with Gasteiger partial charge >= 0.3 is 0 Å². The molecular weight excluding hydrogens is 330 g/mol. The third-order valence-corrected chi connectivity index (χ3v) is 4.15. The summed E-state index contributed by atoms with van der Waals surface area (Å²) in [5.74, 6) is 0.626. The van der Waals surface area contributed by atoms with E-state index >= 15 is 0 Å². The fraction of sp³-hybridized carbons (Fsp3) is 0.312. The number of aliphatic hydroxyl groups is 1. The maximum Gasteiger partial charge on any atom is 0.255 e. The maximum absolute atomic E-state index is 12.0. The molecule has 24 heavy (non-hydrogen) atoms. The number of rotatable bonds is 7. The van der Waals surface area contributed by atoms with Crippen LogP contribution in [0.4, 0.5) is 5.69 Å². The predicted octanol–water partition coefficient (Wildman–Crippen LogP) is 1.35. The van der Waals surface area contributed by atoms with Crippen LogP contribution < -0.4 is 15.6 Å². The average Bonchev–Trinajstić information content (AvgIpc) is 2.57. The van der Waals surface area contributed by atoms with Crippen LogP contribution in [0.25, 0.3) is 0 Å². The number of ether oxygens (including phenoxy) is 1. The molecular formula is C16H19N3O4S. The molecule has 128 valence electrons. The predicted molar refractivity (Wildman–Crippen MR) is 92.7 cm³/mol. The van der Waals surface area contributed by atoms with Gasteiger partial charge in [0.25, 0.3) is 5.56 Å². The van der Waals surface area contributed by atoms with E-state index in [4.69, 9.17) is 9.84 Å². The molecule has 2 rings (SSSR count). The van der Waals surface area contributed by atoms with Gasteiger partial charge in [0.15, 0.2) is 5.16 Å². The number of nitrogens with zero attached hydrogens (tertiary/aromatic N) is 1. The number of nitrogens with one attached hydrogen (secondary N) is 2. The molecule has 2 aromatic rings. The summed E-state index contributed by atoms with van der Waals surface area (Å²) < 4.78 is 5.05. The SMILES string of the molecule is COc1ccc(NC(=O)CSc2nc(C)c(CCO)c(=O)[nH]2)cc1. The molecule has 0 aliphatic rings. The number of anilines is 1. The number of hydrogen-bond acceptors (Lipinski definition) is 6. The molecule has 0 aliphatic carbocycles. The zero-order valence-electron chi connectivity index (χ0n) is 13.5. The summed E-state index contributed by atoms with van der Waals surface area (Å²) in [5.41, 5.74) is 1.40. The number of carbonyl (C=O) groups excluding carboxylic acids is 1. The summed E-state index contributed by atoms with van der Waals surface area (Å²) >= 11 is 1.14. The van der Waals surface area contributed by atoms with Crippen molar-refractivity contribution in [3.05, 3.63) is 45.9 Å². The van der Waals surface area contributed by atoms with E-state index in [9.17, 15) is 9.59 Å². The van der Waals surface area contributed by atoms with E-state index in [0.717, 1.165) is 11.8 Å². The fourth-order valence-corrected chi connectivity index (χ4v) is 2.77. The number of aromatic nitrogens is 2. The van der Waals surface area contributed by atoms with Crippen molar-refractivity contribution in [3.63, 3.8) is 0 Å². The van der Waals surface area contributed by atoms with E-state index in [1.54, 1.807) is 38.3 Å². The number of benzene rings is 1. The highest BCUT2D eigenvalue weighted by Crippen LogP contribution is 2.17. The van der Waals surface area contributed by atoms with Gasteiger partial charge in [0, 0.05) is 30.0 Å². The molecule has 0 saturated heterocycles. The first kappa shape index (κ1) is 18.0. The summed E-state index contributed by atoms with van der Waals surface area (Å²) in [4.78, 5) is 30.8. The van der Waals surface area contributed by atoms with Gasteiger partial charge in [-0.15, -0.1) is 0 Å². The van der Waals surface area contributed by atoms with Crippen LogP contribution in [0.1, 0.15) is 11.3 Å². The number of thioether (sulfide) groups is 1. The van der Waals surface area contributed by atoms with Crippen LogP contribution in [0, 0.1) is 6.92 Å². The number of carbonyl (C=O) groups is 1. The minimum absolute atomic E-state index is 0.109. The quantitative estimate of drug-likeness (QED) is 0.515. The minimum Gasteiger partial charge on any atom is -0.497 e. The Bertz CT molecular complexity index is 759. The molecule has 7 nitrogen and oxygen atoms in total. The fourth-order valence-electron chi connectivity index (χ4n) is 2.06. The molecule has 1 heterocycles. The molecule has 0 aliphatic heterocycles. The Hall–Kier alpha value is -2.32. The second kappa shape index (κ2) is 8.51. The first-order chi connectivity index (χ1) is 11.5. The van der Waals surface area contributed by atoms with Crippen molar-refractivity contribution in [2.75, 3.05) is 24.8 Å². The van der Waals surface area contributed by atoms with Crippen molar-refractivity contribution >= 4 is 23.4 Å². The largest absolute Gasteiger partial charge is 0.497 e. The van der Waals surface area contributed by atoms with Gasteiger partial charge < -0.3 is 20.1 Å². The molecule has 3 N–H and O–H groups in total. The van der Waals surface area contributed by atoms with Gasteiger partial charge in [-0.25, -0.2) is 4.98 Å². The smallest absolute Gasteiger partial charge is 0.255 e. The minimum atomic E-state index is -0.283. The van der Waals surface area contributed by atoms with Crippen molar-refractivity contribution in [2.24, 2.45) is 0 Å². The average molecular weight is 349 g/mol. The molecule has 0 spiro atoms. The molecule has 0 saturated carbocycles. The van der Waals surface area contributed by atoms with Gasteiger partial charge in [-0.1, -0.05) is 11.8 Å². The van der Waals surface area contributed by atoms with E-state index in [1.807, 2.05) is 0 Å². The summed E-state index contributed by atoms with van der Waals surface area (Å²) in [6.07, 6.45) is 0.261. The van der Waals surface area contributed by atoms with Gasteiger partial charge in [-0.3, -0.25) is 9.59 Å². The lowest BCUT2D eigenvalue weighted by molar-refractivity contribution is -0.113. The van der Waals surface area contributed by atoms with E-state index in [0.29, 0.717) is 27.9 Å². The molecule has 1 aromatic heterocycles. The van der Waals surface area contributed by atoms with Crippen molar-refractivity contribution in [3.8, 4) is 5.75 Å². The molecule has 1 amide bonds. The second-order valence-corrected chi connectivity index (χ2v) is 5.94. The van der Waals surface area contributed by atoms with Crippen molar-refractivity contribution in [1.82, 2.24) is 9.97 Å². The number of aryl methyl sites for hydroxylation is 1. The number of hydrogen-bond donors (Lipinski definition) is 3. The Morgan fingerprint density at radius 2 is 2.08 bits per heavy atom. The maximum atomic E-state index is 12.0. The van der Waals surface area contributed by atoms with Gasteiger partial charge in [0.1, 0.15) is 5.75 Å². The van der Waals surface area contributed by atoms with Crippen LogP contribution in [0.15, 0.2) is 34.2 Å². The lowest BCUT2D eigenvalue weighted by Gasteiger charge is -2.07. The monoisotopic (exact) mass is 349 g/mol. The van der Waals surface area contributed by atoms with Crippen molar-refractivity contribution in [1.29, 1.82) is 0 Å². The third kappa shape index (κ3) is 4.84. The standard InChI is InChI=1S/C16H19N3O4S/c1-10-13(7-8-20)15(22)19-16(17-10)24-9-14(21)18-11-3-5-12(23-2)6-4-11/h3-6,20H,7-9H2,1-2H3,(H,18,21)(H,17,19,22). The van der Waals surface area contributed by atoms with Crippen molar-refractivity contribution in [2.45, 2.75) is 18.5 Å². The van der Waals surface area contributed by atoms with E-state index in [2.05, 4.69) is 15.3 Å². The van der Waals surface area contributed by atoms with E-state index in [-0.39, 0.29) is 30.2 Å². The number of aromatic amines is 1. The highest BCUT2D eigenvalue weighted by molar-refractivity contribution is 7.99. The Morgan fingerprint density at radius 3 is 2.67 bits per heavy atom. The van der Waals surface area contributed by atoms with E-state index in [1.165, 1.54) is 0 Å². The molecule has 0 radical (unpaired) electrons. The van der Waals surface area contributed by atoms with Gasteiger partial charge in [-0.2, -0.15) is 0 Å². The molecule has 8 heteroatoms. The van der Waals surface area contributed by atoms with Gasteiger partial charge in [0.2, 0.25) is 5.91 Å². The number of methoxy groups -OCH3 is 1. The number of amides is 1. The highest BCUT2D eigenvalue weighted by Gasteiger charge is 2.10. The molecule has 0 fully saturated rings. The summed E-state index contributed by atoms with van der Waals surface area (Å²) in [5, 5.41) is 12.1. The number of aliphatic hydroxyl groups excluding tert-OH is 1. The van der Waals surface area contributed by atoms with Crippen molar-refractivity contribution < 1.29 is 14.6 Å². The van der Waals surface area contributed by atoms with Crippen LogP contribution in [0.5, 0.6) is 5.75 Å². The van der Waals surface area contributed by atoms with Crippen LogP contribution in [-0.4, -0.2) is 40.5 Å². The normalized spacial score (nSPS) is 10.5. The Kier molecular flexibility index (Phi) is 6.39. The van der Waals surface area contributed by atoms with Crippen LogP contribution >= 0.6 is 11.8 Å². The van der Waals surface area contributed by atoms with E-state index < -0.39 is 0 Å². The van der Waals surface area contributed by atoms with Gasteiger partial charge in [0.05, 0.1) is 12.9 Å². The Morgan fingerprint density at radius 1 is 1.38 bits per heavy atom. The molecule has 0 bridgehead atoms. The lowest BCUT2D eigenvalue weighted by Crippen LogP contribution is -2.19. The van der Waals surface area contributed by atoms with Crippen LogP contribution in [0.2, 0.25) is 0 Å². The second-order valence-electron chi connectivity index (χ2n) is 4.97. The van der Waals surface area contributed by atoms with Crippen LogP contribution in [0.3, 0.4) is 0 Å². The number of H-pyrrole nitrogens is 1. The Labute approximate surface area is 143 Å². The highest BCUT2D eigenvalue weighted by atomic mass is 32.2. The summed E-state index contributed by atoms with van der Waals surface area (Å²) in [6.45, 7) is 1.60. The van der Waals surface area contributed by atoms with Gasteiger partial charge in [-0.05, 0) is 31.2 Å². The topological polar surface area (TPSA) is 104 Å². The van der Waals surface area contributed by atoms with Crippen LogP contribution in [-0.2, 0) is 11.2 Å². The molecule has 1 aromatic carbocycles. The Balaban J connectivity index is 1.94. The molecule has 0 atom stereocenters. The lowest BCUT2D eigenvalue weighted by atomic mass is 10.2.